The van der Waals surface area contributed by atoms with Crippen molar-refractivity contribution in [3.8, 4) is 0 Å². The van der Waals surface area contributed by atoms with E-state index in [-0.39, 0.29) is 6.04 Å². The number of hydrogen-bond donors (Lipinski definition) is 0. The van der Waals surface area contributed by atoms with E-state index in [4.69, 9.17) is 16.3 Å². The first-order valence-corrected chi connectivity index (χ1v) is 7.33. The number of fused-ring (bicyclic) bond motifs is 1. The zero-order valence-electron chi connectivity index (χ0n) is 11.5. The topological polar surface area (TPSA) is 29.5 Å². The molecule has 0 fully saturated rings. The maximum absolute atomic E-state index is 13.2. The zero-order chi connectivity index (χ0) is 14.5. The number of ether oxygens (including phenoxy) is 1. The molecule has 0 N–H and O–H groups in total. The van der Waals surface area contributed by atoms with Crippen molar-refractivity contribution >= 4 is 17.5 Å². The highest BCUT2D eigenvalue weighted by atomic mass is 35.5. The van der Waals surface area contributed by atoms with Crippen LogP contribution >= 0.6 is 11.6 Å². The van der Waals surface area contributed by atoms with Crippen LogP contribution in [0.1, 0.15) is 30.5 Å². The minimum absolute atomic E-state index is 0.101. The summed E-state index contributed by atoms with van der Waals surface area (Å²) in [6.07, 6.45) is 1.71. The highest BCUT2D eigenvalue weighted by molar-refractivity contribution is 6.29. The lowest BCUT2D eigenvalue weighted by Crippen LogP contribution is -2.40. The second-order valence-corrected chi connectivity index (χ2v) is 5.17. The van der Waals surface area contributed by atoms with Crippen LogP contribution in [0.5, 0.6) is 0 Å². The van der Waals surface area contributed by atoms with E-state index < -0.39 is 11.5 Å². The average Bonchev–Trinajstić information content (AvgIpc) is 2.87. The lowest BCUT2D eigenvalue weighted by Gasteiger charge is -2.29. The summed E-state index contributed by atoms with van der Waals surface area (Å²) < 4.78 is 18.5. The van der Waals surface area contributed by atoms with Gasteiger partial charge in [-0.2, -0.15) is 0 Å². The van der Waals surface area contributed by atoms with Crippen molar-refractivity contribution in [2.24, 2.45) is 0 Å². The molecule has 0 radical (unpaired) electrons. The fourth-order valence-corrected chi connectivity index (χ4v) is 2.84. The van der Waals surface area contributed by atoms with Crippen LogP contribution in [0, 0.1) is 0 Å². The van der Waals surface area contributed by atoms with E-state index >= 15 is 0 Å². The third-order valence-electron chi connectivity index (χ3n) is 3.63. The third kappa shape index (κ3) is 3.30. The van der Waals surface area contributed by atoms with E-state index in [0.29, 0.717) is 19.8 Å². The first-order valence-electron chi connectivity index (χ1n) is 6.89. The van der Waals surface area contributed by atoms with E-state index in [0.717, 1.165) is 18.4 Å². The monoisotopic (exact) mass is 299 g/mol. The fourth-order valence-electron chi connectivity index (χ4n) is 2.71. The molecule has 20 heavy (non-hydrogen) atoms. The van der Waals surface area contributed by atoms with Gasteiger partial charge in [0.1, 0.15) is 0 Å². The molecule has 5 heteroatoms. The van der Waals surface area contributed by atoms with Crippen LogP contribution in [0.25, 0.3) is 0 Å². The lowest BCUT2D eigenvalue weighted by atomic mass is 10.1. The summed E-state index contributed by atoms with van der Waals surface area (Å²) in [6.45, 7) is 3.21. The molecule has 2 rings (SSSR count). The summed E-state index contributed by atoms with van der Waals surface area (Å²) in [4.78, 5) is 13.5. The molecule has 0 saturated carbocycles. The molecule has 0 bridgehead atoms. The van der Waals surface area contributed by atoms with Crippen LogP contribution in [-0.4, -0.2) is 36.2 Å². The quantitative estimate of drug-likeness (QED) is 0.597. The van der Waals surface area contributed by atoms with Gasteiger partial charge in [-0.3, -0.25) is 4.79 Å². The lowest BCUT2D eigenvalue weighted by molar-refractivity contribution is -0.137. The van der Waals surface area contributed by atoms with Crippen molar-refractivity contribution in [2.45, 2.75) is 31.4 Å². The van der Waals surface area contributed by atoms with Gasteiger partial charge in [0, 0.05) is 13.2 Å². The minimum atomic E-state index is -2.00. The van der Waals surface area contributed by atoms with Crippen molar-refractivity contribution in [1.82, 2.24) is 4.90 Å². The number of carbonyl (C=O) groups is 1. The van der Waals surface area contributed by atoms with Gasteiger partial charge < -0.3 is 9.64 Å². The number of rotatable bonds is 6. The van der Waals surface area contributed by atoms with Gasteiger partial charge in [-0.1, -0.05) is 35.9 Å². The minimum Gasteiger partial charge on any atom is -0.380 e. The highest BCUT2D eigenvalue weighted by Gasteiger charge is 2.33. The summed E-state index contributed by atoms with van der Waals surface area (Å²) in [7, 11) is 0. The van der Waals surface area contributed by atoms with Crippen LogP contribution in [0.15, 0.2) is 24.3 Å². The molecular formula is C15H19ClFNO2. The Morgan fingerprint density at radius 2 is 2.30 bits per heavy atom. The van der Waals surface area contributed by atoms with Crippen LogP contribution in [0.4, 0.5) is 4.39 Å². The SMILES string of the molecule is CCOCCN(C(=O)C(F)Cl)C1CCc2ccccc21. The van der Waals surface area contributed by atoms with Gasteiger partial charge in [0.2, 0.25) is 0 Å². The zero-order valence-corrected chi connectivity index (χ0v) is 12.3. The number of hydrogen-bond acceptors (Lipinski definition) is 2. The molecule has 1 aromatic rings. The van der Waals surface area contributed by atoms with Gasteiger partial charge in [-0.25, -0.2) is 4.39 Å². The predicted octanol–water partition coefficient (Wildman–Crippen LogP) is 3.07. The molecule has 2 atom stereocenters. The van der Waals surface area contributed by atoms with E-state index in [1.807, 2.05) is 31.2 Å². The van der Waals surface area contributed by atoms with Gasteiger partial charge in [-0.05, 0) is 30.9 Å². The number of alkyl halides is 2. The maximum Gasteiger partial charge on any atom is 0.273 e. The molecule has 1 amide bonds. The Morgan fingerprint density at radius 1 is 1.55 bits per heavy atom. The van der Waals surface area contributed by atoms with Crippen molar-refractivity contribution in [3.05, 3.63) is 35.4 Å². The van der Waals surface area contributed by atoms with E-state index in [9.17, 15) is 9.18 Å². The first kappa shape index (κ1) is 15.3. The summed E-state index contributed by atoms with van der Waals surface area (Å²) >= 11 is 5.34. The molecule has 0 spiro atoms. The number of amides is 1. The Kier molecular flexibility index (Phi) is 5.38. The molecule has 110 valence electrons. The summed E-state index contributed by atoms with van der Waals surface area (Å²) in [5.41, 5.74) is 0.316. The smallest absolute Gasteiger partial charge is 0.273 e. The average molecular weight is 300 g/mol. The molecule has 3 nitrogen and oxygen atoms in total. The molecule has 1 aliphatic carbocycles. The van der Waals surface area contributed by atoms with Gasteiger partial charge >= 0.3 is 0 Å². The van der Waals surface area contributed by atoms with Gasteiger partial charge in [0.25, 0.3) is 11.5 Å². The predicted molar refractivity (Wildman–Crippen MR) is 76.5 cm³/mol. The Balaban J connectivity index is 2.17. The van der Waals surface area contributed by atoms with Crippen molar-refractivity contribution in [3.63, 3.8) is 0 Å². The van der Waals surface area contributed by atoms with E-state index in [1.165, 1.54) is 10.5 Å². The Bertz CT molecular complexity index is 467. The standard InChI is InChI=1S/C15H19ClFNO2/c1-2-20-10-9-18(15(19)14(16)17)13-8-7-11-5-3-4-6-12(11)13/h3-6,13-14H,2,7-10H2,1H3. The van der Waals surface area contributed by atoms with E-state index in [1.54, 1.807) is 0 Å². The van der Waals surface area contributed by atoms with E-state index in [2.05, 4.69) is 0 Å². The van der Waals surface area contributed by atoms with Crippen LogP contribution in [0.2, 0.25) is 0 Å². The van der Waals surface area contributed by atoms with Gasteiger partial charge in [0.05, 0.1) is 12.6 Å². The number of benzene rings is 1. The maximum atomic E-state index is 13.2. The van der Waals surface area contributed by atoms with Gasteiger partial charge in [0.15, 0.2) is 0 Å². The van der Waals surface area contributed by atoms with Crippen molar-refractivity contribution < 1.29 is 13.9 Å². The Morgan fingerprint density at radius 3 is 3.00 bits per heavy atom. The van der Waals surface area contributed by atoms with Crippen molar-refractivity contribution in [2.75, 3.05) is 19.8 Å². The second-order valence-electron chi connectivity index (χ2n) is 4.78. The Hall–Kier alpha value is -1.13. The summed E-state index contributed by atoms with van der Waals surface area (Å²) in [5.74, 6) is -0.673. The first-order chi connectivity index (χ1) is 9.65. The van der Waals surface area contributed by atoms with Crippen LogP contribution in [-0.2, 0) is 16.0 Å². The summed E-state index contributed by atoms with van der Waals surface area (Å²) in [5, 5.41) is 0. The van der Waals surface area contributed by atoms with Crippen LogP contribution < -0.4 is 0 Å². The number of aryl methyl sites for hydroxylation is 1. The Labute approximate surface area is 123 Å². The molecule has 1 aliphatic rings. The fraction of sp³-hybridized carbons (Fsp3) is 0.533. The number of carbonyl (C=O) groups excluding carboxylic acids is 1. The van der Waals surface area contributed by atoms with Gasteiger partial charge in [-0.15, -0.1) is 0 Å². The number of halogens is 2. The molecule has 1 aromatic carbocycles. The largest absolute Gasteiger partial charge is 0.380 e. The second kappa shape index (κ2) is 7.04. The molecule has 2 unspecified atom stereocenters. The highest BCUT2D eigenvalue weighted by Crippen LogP contribution is 2.36. The molecule has 0 saturated heterocycles. The normalized spacial score (nSPS) is 18.6. The molecular weight excluding hydrogens is 281 g/mol. The summed E-state index contributed by atoms with van der Waals surface area (Å²) in [6, 6.07) is 7.86. The molecule has 0 aromatic heterocycles. The third-order valence-corrected chi connectivity index (χ3v) is 3.81. The molecule has 0 aliphatic heterocycles. The van der Waals surface area contributed by atoms with Crippen LogP contribution in [0.3, 0.4) is 0 Å². The molecule has 0 heterocycles. The van der Waals surface area contributed by atoms with Crippen molar-refractivity contribution in [1.29, 1.82) is 0 Å². The number of nitrogens with zero attached hydrogens (tertiary/aromatic N) is 1.